The Morgan fingerprint density at radius 3 is 2.20 bits per heavy atom. The summed E-state index contributed by atoms with van der Waals surface area (Å²) in [5.74, 6) is 0.195. The lowest BCUT2D eigenvalue weighted by atomic mass is 9.69. The minimum Gasteiger partial charge on any atom is -0.497 e. The van der Waals surface area contributed by atoms with Crippen LogP contribution < -0.4 is 19.9 Å². The van der Waals surface area contributed by atoms with E-state index in [-0.39, 0.29) is 5.91 Å². The summed E-state index contributed by atoms with van der Waals surface area (Å²) in [6.07, 6.45) is -1.22. The highest BCUT2D eigenvalue weighted by Gasteiger charge is 2.76. The Balaban J connectivity index is 1.84. The van der Waals surface area contributed by atoms with Gasteiger partial charge in [-0.1, -0.05) is 42.5 Å². The fraction of sp³-hybridized carbons (Fsp3) is 0.321. The number of carbonyl (C=O) groups is 1. The molecule has 0 spiro atoms. The van der Waals surface area contributed by atoms with Gasteiger partial charge in [-0.25, -0.2) is 0 Å². The molecule has 1 saturated carbocycles. The van der Waals surface area contributed by atoms with Crippen LogP contribution in [0.3, 0.4) is 0 Å². The van der Waals surface area contributed by atoms with E-state index >= 15 is 0 Å². The third-order valence-electron chi connectivity index (χ3n) is 7.53. The van der Waals surface area contributed by atoms with Crippen LogP contribution >= 0.6 is 0 Å². The number of carbonyl (C=O) groups excluding carboxylic acids is 1. The summed E-state index contributed by atoms with van der Waals surface area (Å²) in [5.41, 5.74) is 6.84. The molecule has 0 aromatic heterocycles. The Morgan fingerprint density at radius 2 is 1.60 bits per heavy atom. The summed E-state index contributed by atoms with van der Waals surface area (Å²) in [7, 11) is 6.57. The second-order valence-electron chi connectivity index (χ2n) is 9.39. The maximum atomic E-state index is 13.6. The van der Waals surface area contributed by atoms with Gasteiger partial charge in [0.25, 0.3) is 0 Å². The molecular weight excluding hydrogens is 444 g/mol. The minimum absolute atomic E-state index is 0.211. The first-order chi connectivity index (χ1) is 16.8. The van der Waals surface area contributed by atoms with E-state index < -0.39 is 29.1 Å². The molecule has 5 rings (SSSR count). The van der Waals surface area contributed by atoms with Crippen molar-refractivity contribution in [3.05, 3.63) is 89.5 Å². The van der Waals surface area contributed by atoms with Gasteiger partial charge in [-0.2, -0.15) is 0 Å². The highest BCUT2D eigenvalue weighted by molar-refractivity contribution is 5.82. The van der Waals surface area contributed by atoms with Crippen molar-refractivity contribution < 1.29 is 24.1 Å². The van der Waals surface area contributed by atoms with Gasteiger partial charge in [-0.05, 0) is 35.4 Å². The van der Waals surface area contributed by atoms with Crippen LogP contribution in [0.5, 0.6) is 17.2 Å². The van der Waals surface area contributed by atoms with E-state index in [0.29, 0.717) is 22.8 Å². The summed E-state index contributed by atoms with van der Waals surface area (Å²) < 4.78 is 17.7. The van der Waals surface area contributed by atoms with Crippen molar-refractivity contribution >= 4 is 5.91 Å². The predicted octanol–water partition coefficient (Wildman–Crippen LogP) is 3.01. The molecule has 7 heteroatoms. The standard InChI is InChI=1S/C28H30N2O5/c1-30(2)26(32)23-24(17-8-6-5-7-9-17)28(18-10-12-19(33-3)13-11-18)27(29,25(23)31)21-15-14-20(34-4)16-22(21)35-28/h5-16,23-25,31H,29H2,1-4H3/t23-,24-,25-,27+,28+/m1/s1. The topological polar surface area (TPSA) is 94.2 Å². The van der Waals surface area contributed by atoms with Crippen molar-refractivity contribution in [2.24, 2.45) is 11.7 Å². The third kappa shape index (κ3) is 3.08. The van der Waals surface area contributed by atoms with Gasteiger partial charge >= 0.3 is 0 Å². The van der Waals surface area contributed by atoms with E-state index in [0.717, 1.165) is 11.1 Å². The maximum absolute atomic E-state index is 13.6. The molecule has 35 heavy (non-hydrogen) atoms. The molecule has 1 fully saturated rings. The van der Waals surface area contributed by atoms with Gasteiger partial charge in [0.15, 0.2) is 5.60 Å². The minimum atomic E-state index is -1.42. The highest BCUT2D eigenvalue weighted by atomic mass is 16.5. The Labute approximate surface area is 205 Å². The zero-order chi connectivity index (χ0) is 25.0. The zero-order valence-corrected chi connectivity index (χ0v) is 20.3. The second kappa shape index (κ2) is 8.29. The van der Waals surface area contributed by atoms with Crippen molar-refractivity contribution in [1.82, 2.24) is 4.90 Å². The number of methoxy groups -OCH3 is 2. The van der Waals surface area contributed by atoms with Crippen LogP contribution in [0.1, 0.15) is 22.6 Å². The largest absolute Gasteiger partial charge is 0.497 e. The van der Waals surface area contributed by atoms with Crippen molar-refractivity contribution in [3.63, 3.8) is 0 Å². The van der Waals surface area contributed by atoms with Crippen LogP contribution in [0.2, 0.25) is 0 Å². The first kappa shape index (κ1) is 23.2. The molecule has 182 valence electrons. The second-order valence-corrected chi connectivity index (χ2v) is 9.39. The number of aliphatic hydroxyl groups is 1. The lowest BCUT2D eigenvalue weighted by Gasteiger charge is -2.41. The van der Waals surface area contributed by atoms with Crippen LogP contribution in [0.4, 0.5) is 0 Å². The van der Waals surface area contributed by atoms with Crippen molar-refractivity contribution in [3.8, 4) is 17.2 Å². The van der Waals surface area contributed by atoms with Gasteiger partial charge in [0, 0.05) is 31.6 Å². The van der Waals surface area contributed by atoms with E-state index in [2.05, 4.69) is 0 Å². The smallest absolute Gasteiger partial charge is 0.228 e. The van der Waals surface area contributed by atoms with Crippen molar-refractivity contribution in [1.29, 1.82) is 0 Å². The van der Waals surface area contributed by atoms with Gasteiger partial charge in [0.05, 0.1) is 26.2 Å². The van der Waals surface area contributed by atoms with E-state index in [1.807, 2.05) is 60.7 Å². The molecule has 5 atom stereocenters. The number of fused-ring (bicyclic) bond motifs is 3. The molecule has 2 aliphatic rings. The lowest BCUT2D eigenvalue weighted by molar-refractivity contribution is -0.137. The summed E-state index contributed by atoms with van der Waals surface area (Å²) >= 11 is 0. The molecule has 0 unspecified atom stereocenters. The van der Waals surface area contributed by atoms with E-state index in [9.17, 15) is 9.90 Å². The number of ether oxygens (including phenoxy) is 3. The zero-order valence-electron chi connectivity index (χ0n) is 20.3. The molecule has 1 aliphatic heterocycles. The van der Waals surface area contributed by atoms with E-state index in [1.165, 1.54) is 4.90 Å². The van der Waals surface area contributed by atoms with E-state index in [1.54, 1.807) is 40.4 Å². The van der Waals surface area contributed by atoms with Gasteiger partial charge in [-0.15, -0.1) is 0 Å². The Hall–Kier alpha value is -3.55. The molecule has 3 aromatic carbocycles. The summed E-state index contributed by atoms with van der Waals surface area (Å²) in [4.78, 5) is 15.1. The van der Waals surface area contributed by atoms with Gasteiger partial charge in [0.1, 0.15) is 22.8 Å². The van der Waals surface area contributed by atoms with Crippen molar-refractivity contribution in [2.45, 2.75) is 23.2 Å². The summed E-state index contributed by atoms with van der Waals surface area (Å²) in [6, 6.07) is 22.6. The molecule has 3 N–H and O–H groups in total. The van der Waals surface area contributed by atoms with Gasteiger partial charge in [0.2, 0.25) is 5.91 Å². The fourth-order valence-electron chi connectivity index (χ4n) is 5.93. The number of aliphatic hydroxyl groups excluding tert-OH is 1. The van der Waals surface area contributed by atoms with Crippen molar-refractivity contribution in [2.75, 3.05) is 28.3 Å². The first-order valence-electron chi connectivity index (χ1n) is 11.5. The average molecular weight is 475 g/mol. The molecular formula is C28H30N2O5. The predicted molar refractivity (Wildman–Crippen MR) is 132 cm³/mol. The van der Waals surface area contributed by atoms with Crippen LogP contribution in [0.15, 0.2) is 72.8 Å². The SMILES string of the molecule is COc1ccc([C@@]23Oc4cc(OC)ccc4[C@]2(N)[C@H](O)[C@H](C(=O)N(C)C)[C@H]3c2ccccc2)cc1. The normalized spacial score (nSPS) is 28.6. The van der Waals surface area contributed by atoms with Crippen LogP contribution in [-0.4, -0.2) is 50.3 Å². The molecule has 0 bridgehead atoms. The maximum Gasteiger partial charge on any atom is 0.228 e. The van der Waals surface area contributed by atoms with E-state index in [4.69, 9.17) is 19.9 Å². The summed E-state index contributed by atoms with van der Waals surface area (Å²) in [5, 5.41) is 12.0. The molecule has 3 aromatic rings. The monoisotopic (exact) mass is 474 g/mol. The Morgan fingerprint density at radius 1 is 0.971 bits per heavy atom. The molecule has 0 saturated heterocycles. The quantitative estimate of drug-likeness (QED) is 0.591. The highest BCUT2D eigenvalue weighted by Crippen LogP contribution is 2.67. The van der Waals surface area contributed by atoms with Crippen LogP contribution in [0, 0.1) is 5.92 Å². The van der Waals surface area contributed by atoms with Gasteiger partial charge < -0.3 is 30.0 Å². The van der Waals surface area contributed by atoms with Gasteiger partial charge in [-0.3, -0.25) is 4.79 Å². The molecule has 1 heterocycles. The first-order valence-corrected chi connectivity index (χ1v) is 11.5. The molecule has 7 nitrogen and oxygen atoms in total. The number of hydrogen-bond donors (Lipinski definition) is 2. The number of nitrogens with two attached hydrogens (primary N) is 1. The third-order valence-corrected chi connectivity index (χ3v) is 7.53. The number of rotatable bonds is 5. The number of hydrogen-bond acceptors (Lipinski definition) is 6. The van der Waals surface area contributed by atoms with Crippen LogP contribution in [-0.2, 0) is 15.9 Å². The van der Waals surface area contributed by atoms with Crippen LogP contribution in [0.25, 0.3) is 0 Å². The molecule has 1 aliphatic carbocycles. The number of amides is 1. The Kier molecular flexibility index (Phi) is 5.49. The molecule has 0 radical (unpaired) electrons. The number of benzene rings is 3. The summed E-state index contributed by atoms with van der Waals surface area (Å²) in [6.45, 7) is 0. The Bertz CT molecular complexity index is 1250. The molecule has 1 amide bonds. The number of nitrogens with zero attached hydrogens (tertiary/aromatic N) is 1. The fourth-order valence-corrected chi connectivity index (χ4v) is 5.93. The lowest BCUT2D eigenvalue weighted by Crippen LogP contribution is -2.58. The average Bonchev–Trinajstić information content (AvgIpc) is 3.26.